The normalized spacial score (nSPS) is 11.0. The van der Waals surface area contributed by atoms with Gasteiger partial charge in [-0.25, -0.2) is 15.0 Å². The van der Waals surface area contributed by atoms with E-state index in [1.165, 1.54) is 0 Å². The number of nitrogens with zero attached hydrogens (tertiary/aromatic N) is 6. The van der Waals surface area contributed by atoms with E-state index in [4.69, 9.17) is 9.72 Å². The molecule has 0 N–H and O–H groups in total. The average Bonchev–Trinajstić information content (AvgIpc) is 3.41. The summed E-state index contributed by atoms with van der Waals surface area (Å²) in [5.74, 6) is 1.70. The van der Waals surface area contributed by atoms with Crippen molar-refractivity contribution in [3.8, 4) is 28.4 Å². The van der Waals surface area contributed by atoms with E-state index in [-0.39, 0.29) is 0 Å². The third-order valence-corrected chi connectivity index (χ3v) is 4.88. The molecule has 148 valence electrons. The Morgan fingerprint density at radius 3 is 2.72 bits per heavy atom. The van der Waals surface area contributed by atoms with Crippen molar-refractivity contribution >= 4 is 0 Å². The molecule has 0 fully saturated rings. The Balaban J connectivity index is 1.64. The minimum absolute atomic E-state index is 0.773. The second-order valence-electron chi connectivity index (χ2n) is 6.96. The van der Waals surface area contributed by atoms with Gasteiger partial charge in [0.05, 0.1) is 30.5 Å². The van der Waals surface area contributed by atoms with Gasteiger partial charge in [0.1, 0.15) is 11.6 Å². The van der Waals surface area contributed by atoms with E-state index in [9.17, 15) is 0 Å². The molecule has 0 bridgehead atoms. The number of ether oxygens (including phenoxy) is 1. The van der Waals surface area contributed by atoms with E-state index in [0.29, 0.717) is 0 Å². The van der Waals surface area contributed by atoms with Crippen molar-refractivity contribution in [3.63, 3.8) is 0 Å². The summed E-state index contributed by atoms with van der Waals surface area (Å²) in [5, 5.41) is 0. The summed E-state index contributed by atoms with van der Waals surface area (Å²) in [7, 11) is 1.67. The molecule has 4 aromatic rings. The molecule has 0 aliphatic rings. The van der Waals surface area contributed by atoms with Gasteiger partial charge in [-0.05, 0) is 38.5 Å². The van der Waals surface area contributed by atoms with Crippen LogP contribution in [0.2, 0.25) is 0 Å². The van der Waals surface area contributed by atoms with Crippen LogP contribution in [0.4, 0.5) is 0 Å². The summed E-state index contributed by atoms with van der Waals surface area (Å²) >= 11 is 0. The summed E-state index contributed by atoms with van der Waals surface area (Å²) in [6.45, 7) is 5.70. The van der Waals surface area contributed by atoms with E-state index in [2.05, 4.69) is 30.2 Å². The highest BCUT2D eigenvalue weighted by atomic mass is 16.5. The zero-order valence-corrected chi connectivity index (χ0v) is 16.9. The van der Waals surface area contributed by atoms with Gasteiger partial charge in [-0.15, -0.1) is 0 Å². The third-order valence-electron chi connectivity index (χ3n) is 4.88. The predicted molar refractivity (Wildman–Crippen MR) is 112 cm³/mol. The van der Waals surface area contributed by atoms with Crippen LogP contribution in [0, 0.1) is 13.8 Å². The fourth-order valence-corrected chi connectivity index (χ4v) is 3.42. The summed E-state index contributed by atoms with van der Waals surface area (Å²) < 4.78 is 9.86. The van der Waals surface area contributed by atoms with Crippen LogP contribution < -0.4 is 4.74 Å². The Kier molecular flexibility index (Phi) is 5.37. The van der Waals surface area contributed by atoms with Crippen molar-refractivity contribution in [1.29, 1.82) is 0 Å². The fraction of sp³-hybridized carbons (Fsp3) is 0.273. The number of aromatic nitrogens is 6. The van der Waals surface area contributed by atoms with Crippen LogP contribution in [0.5, 0.6) is 5.75 Å². The summed E-state index contributed by atoms with van der Waals surface area (Å²) in [5.41, 5.74) is 4.53. The fourth-order valence-electron chi connectivity index (χ4n) is 3.42. The molecule has 0 saturated heterocycles. The van der Waals surface area contributed by atoms with Crippen molar-refractivity contribution in [2.75, 3.05) is 7.11 Å². The lowest BCUT2D eigenvalue weighted by molar-refractivity contribution is 0.416. The van der Waals surface area contributed by atoms with E-state index >= 15 is 0 Å². The van der Waals surface area contributed by atoms with Crippen LogP contribution in [-0.4, -0.2) is 36.2 Å². The highest BCUT2D eigenvalue weighted by Crippen LogP contribution is 2.34. The van der Waals surface area contributed by atoms with Crippen molar-refractivity contribution < 1.29 is 4.74 Å². The molecule has 3 heterocycles. The molecule has 4 rings (SSSR count). The van der Waals surface area contributed by atoms with Crippen LogP contribution in [0.3, 0.4) is 0 Å². The van der Waals surface area contributed by atoms with Crippen molar-refractivity contribution in [3.05, 3.63) is 66.9 Å². The zero-order chi connectivity index (χ0) is 20.2. The molecular formula is C22H24N6O. The molecule has 1 aromatic carbocycles. The summed E-state index contributed by atoms with van der Waals surface area (Å²) in [6, 6.07) is 6.10. The van der Waals surface area contributed by atoms with Gasteiger partial charge in [0.2, 0.25) is 0 Å². The zero-order valence-electron chi connectivity index (χ0n) is 16.9. The molecule has 29 heavy (non-hydrogen) atoms. The Hall–Kier alpha value is -3.48. The first kappa shape index (κ1) is 18.9. The molecule has 0 aliphatic carbocycles. The van der Waals surface area contributed by atoms with E-state index < -0.39 is 0 Å². The van der Waals surface area contributed by atoms with E-state index in [1.807, 2.05) is 50.9 Å². The van der Waals surface area contributed by atoms with Crippen molar-refractivity contribution in [2.45, 2.75) is 33.4 Å². The third kappa shape index (κ3) is 4.03. The van der Waals surface area contributed by atoms with E-state index in [1.54, 1.807) is 19.5 Å². The second kappa shape index (κ2) is 8.26. The largest absolute Gasteiger partial charge is 0.496 e. The number of aryl methyl sites for hydroxylation is 4. The molecule has 0 aliphatic heterocycles. The number of hydrogen-bond acceptors (Lipinski definition) is 5. The maximum atomic E-state index is 5.60. The Morgan fingerprint density at radius 1 is 1.03 bits per heavy atom. The van der Waals surface area contributed by atoms with Gasteiger partial charge in [-0.3, -0.25) is 4.98 Å². The highest BCUT2D eigenvalue weighted by molar-refractivity contribution is 5.75. The quantitative estimate of drug-likeness (QED) is 0.480. The molecule has 0 spiro atoms. The first-order valence-corrected chi connectivity index (χ1v) is 9.61. The second-order valence-corrected chi connectivity index (χ2v) is 6.96. The van der Waals surface area contributed by atoms with Crippen molar-refractivity contribution in [1.82, 2.24) is 29.1 Å². The van der Waals surface area contributed by atoms with Gasteiger partial charge in [0.15, 0.2) is 0 Å². The number of hydrogen-bond donors (Lipinski definition) is 0. The van der Waals surface area contributed by atoms with Crippen LogP contribution in [-0.2, 0) is 13.1 Å². The Bertz CT molecular complexity index is 1100. The molecule has 0 atom stereocenters. The number of imidazole rings is 2. The van der Waals surface area contributed by atoms with Crippen LogP contribution in [0.25, 0.3) is 22.6 Å². The molecule has 7 nitrogen and oxygen atoms in total. The number of benzene rings is 1. The standard InChI is InChI=1S/C22H24N6O/c1-16-14-25-17(2)21(26-16)19-13-18(5-6-20(19)29-3)22-24-8-12-28(22)10-4-9-27-11-7-23-15-27/h5-8,11-15H,4,9-10H2,1-3H3. The smallest absolute Gasteiger partial charge is 0.139 e. The minimum atomic E-state index is 0.773. The lowest BCUT2D eigenvalue weighted by Gasteiger charge is -2.13. The minimum Gasteiger partial charge on any atom is -0.496 e. The molecular weight excluding hydrogens is 364 g/mol. The summed E-state index contributed by atoms with van der Waals surface area (Å²) in [6.07, 6.45) is 12.3. The van der Waals surface area contributed by atoms with Gasteiger partial charge < -0.3 is 13.9 Å². The Labute approximate surface area is 170 Å². The van der Waals surface area contributed by atoms with Gasteiger partial charge in [-0.1, -0.05) is 0 Å². The highest BCUT2D eigenvalue weighted by Gasteiger charge is 2.15. The van der Waals surface area contributed by atoms with E-state index in [0.717, 1.165) is 59.3 Å². The first-order valence-electron chi connectivity index (χ1n) is 9.61. The van der Waals surface area contributed by atoms with Crippen LogP contribution in [0.15, 0.2) is 55.5 Å². The lowest BCUT2D eigenvalue weighted by atomic mass is 10.0. The first-order chi connectivity index (χ1) is 14.2. The van der Waals surface area contributed by atoms with Crippen LogP contribution in [0.1, 0.15) is 17.8 Å². The van der Waals surface area contributed by atoms with Gasteiger partial charge >= 0.3 is 0 Å². The predicted octanol–water partition coefficient (Wildman–Crippen LogP) is 3.92. The Morgan fingerprint density at radius 2 is 1.93 bits per heavy atom. The molecule has 0 saturated carbocycles. The lowest BCUT2D eigenvalue weighted by Crippen LogP contribution is -2.04. The van der Waals surface area contributed by atoms with Crippen LogP contribution >= 0.6 is 0 Å². The number of methoxy groups -OCH3 is 1. The van der Waals surface area contributed by atoms with Gasteiger partial charge in [0.25, 0.3) is 0 Å². The molecule has 0 unspecified atom stereocenters. The topological polar surface area (TPSA) is 70.7 Å². The molecule has 3 aromatic heterocycles. The van der Waals surface area contributed by atoms with Crippen molar-refractivity contribution in [2.24, 2.45) is 0 Å². The maximum Gasteiger partial charge on any atom is 0.139 e. The summed E-state index contributed by atoms with van der Waals surface area (Å²) in [4.78, 5) is 17.8. The molecule has 0 radical (unpaired) electrons. The monoisotopic (exact) mass is 388 g/mol. The van der Waals surface area contributed by atoms with Gasteiger partial charge in [-0.2, -0.15) is 0 Å². The molecule has 0 amide bonds. The molecule has 7 heteroatoms. The SMILES string of the molecule is COc1ccc(-c2nccn2CCCn2ccnc2)cc1-c1nc(C)cnc1C. The maximum absolute atomic E-state index is 5.60. The van der Waals surface area contributed by atoms with Gasteiger partial charge in [0, 0.05) is 55.2 Å². The number of rotatable bonds is 7. The average molecular weight is 388 g/mol.